The predicted octanol–water partition coefficient (Wildman–Crippen LogP) is 4.46. The molecular formula is C21H23NOS. The van der Waals surface area contributed by atoms with Crippen LogP contribution in [0.25, 0.3) is 0 Å². The van der Waals surface area contributed by atoms with Crippen LogP contribution >= 0.6 is 11.8 Å². The second kappa shape index (κ2) is 6.29. The SMILES string of the molecule is C[C@]12CCC(=O)NC1CCc1cc(SCc3ccccc3)ccc12. The van der Waals surface area contributed by atoms with Gasteiger partial charge in [-0.2, -0.15) is 0 Å². The summed E-state index contributed by atoms with van der Waals surface area (Å²) in [4.78, 5) is 13.1. The van der Waals surface area contributed by atoms with Gasteiger partial charge in [-0.15, -0.1) is 11.8 Å². The van der Waals surface area contributed by atoms with Crippen molar-refractivity contribution in [2.45, 2.75) is 54.7 Å². The summed E-state index contributed by atoms with van der Waals surface area (Å²) in [7, 11) is 0. The molecule has 1 unspecified atom stereocenters. The molecule has 4 rings (SSSR count). The molecule has 3 heteroatoms. The van der Waals surface area contributed by atoms with Crippen molar-refractivity contribution in [3.05, 3.63) is 65.2 Å². The summed E-state index contributed by atoms with van der Waals surface area (Å²) in [5.74, 6) is 1.23. The van der Waals surface area contributed by atoms with Gasteiger partial charge in [-0.05, 0) is 48.1 Å². The molecular weight excluding hydrogens is 314 g/mol. The van der Waals surface area contributed by atoms with Crippen LogP contribution < -0.4 is 5.32 Å². The standard InChI is InChI=1S/C21H23NOS/c1-21-12-11-20(23)22-19(21)10-7-16-13-17(8-9-18(16)21)24-14-15-5-3-2-4-6-15/h2-6,8-9,13,19H,7,10-12,14H2,1H3,(H,22,23)/t19?,21-/m1/s1. The minimum Gasteiger partial charge on any atom is -0.352 e. The molecule has 0 aromatic heterocycles. The van der Waals surface area contributed by atoms with Gasteiger partial charge in [-0.3, -0.25) is 4.79 Å². The third-order valence-corrected chi connectivity index (χ3v) is 6.68. The van der Waals surface area contributed by atoms with Gasteiger partial charge in [0, 0.05) is 28.5 Å². The smallest absolute Gasteiger partial charge is 0.220 e. The van der Waals surface area contributed by atoms with E-state index in [4.69, 9.17) is 0 Å². The Labute approximate surface area is 148 Å². The quantitative estimate of drug-likeness (QED) is 0.838. The summed E-state index contributed by atoms with van der Waals surface area (Å²) in [5, 5.41) is 3.22. The van der Waals surface area contributed by atoms with E-state index >= 15 is 0 Å². The second-order valence-corrected chi connectivity index (χ2v) is 8.22. The maximum atomic E-state index is 11.7. The van der Waals surface area contributed by atoms with Gasteiger partial charge in [0.15, 0.2) is 0 Å². The number of thioether (sulfide) groups is 1. The molecule has 0 bridgehead atoms. The normalized spacial score (nSPS) is 25.5. The summed E-state index contributed by atoms with van der Waals surface area (Å²) < 4.78 is 0. The molecule has 1 aliphatic heterocycles. The van der Waals surface area contributed by atoms with Gasteiger partial charge in [-0.25, -0.2) is 0 Å². The maximum Gasteiger partial charge on any atom is 0.220 e. The number of piperidine rings is 1. The molecule has 2 aliphatic rings. The Morgan fingerprint density at radius 2 is 2.00 bits per heavy atom. The molecule has 2 aromatic carbocycles. The topological polar surface area (TPSA) is 29.1 Å². The predicted molar refractivity (Wildman–Crippen MR) is 99.3 cm³/mol. The van der Waals surface area contributed by atoms with Crippen LogP contribution in [0.2, 0.25) is 0 Å². The van der Waals surface area contributed by atoms with Crippen molar-refractivity contribution >= 4 is 17.7 Å². The lowest BCUT2D eigenvalue weighted by atomic mass is 9.64. The van der Waals surface area contributed by atoms with Crippen LogP contribution in [-0.2, 0) is 22.4 Å². The van der Waals surface area contributed by atoms with Crippen LogP contribution in [0.1, 0.15) is 42.9 Å². The van der Waals surface area contributed by atoms with E-state index in [0.29, 0.717) is 12.5 Å². The molecule has 0 saturated carbocycles. The molecule has 1 N–H and O–H groups in total. The molecule has 1 fully saturated rings. The lowest BCUT2D eigenvalue weighted by Crippen LogP contribution is -2.55. The Hall–Kier alpha value is -1.74. The number of amides is 1. The highest BCUT2D eigenvalue weighted by Crippen LogP contribution is 2.43. The van der Waals surface area contributed by atoms with Gasteiger partial charge in [-0.1, -0.05) is 43.3 Å². The highest BCUT2D eigenvalue weighted by molar-refractivity contribution is 7.98. The summed E-state index contributed by atoms with van der Waals surface area (Å²) in [5.41, 5.74) is 4.39. The molecule has 1 saturated heterocycles. The van der Waals surface area contributed by atoms with Crippen molar-refractivity contribution in [3.8, 4) is 0 Å². The fraction of sp³-hybridized carbons (Fsp3) is 0.381. The third kappa shape index (κ3) is 2.86. The summed E-state index contributed by atoms with van der Waals surface area (Å²) in [6.45, 7) is 2.33. The van der Waals surface area contributed by atoms with E-state index in [9.17, 15) is 4.79 Å². The van der Waals surface area contributed by atoms with Gasteiger partial charge in [0.2, 0.25) is 5.91 Å². The fourth-order valence-electron chi connectivity index (χ4n) is 4.15. The molecule has 0 radical (unpaired) electrons. The van der Waals surface area contributed by atoms with Gasteiger partial charge in [0.1, 0.15) is 0 Å². The molecule has 1 heterocycles. The van der Waals surface area contributed by atoms with Gasteiger partial charge >= 0.3 is 0 Å². The number of hydrogen-bond donors (Lipinski definition) is 1. The monoisotopic (exact) mass is 337 g/mol. The van der Waals surface area contributed by atoms with Crippen molar-refractivity contribution in [2.24, 2.45) is 0 Å². The minimum absolute atomic E-state index is 0.101. The Morgan fingerprint density at radius 1 is 1.17 bits per heavy atom. The van der Waals surface area contributed by atoms with E-state index in [1.807, 2.05) is 11.8 Å². The number of carbonyl (C=O) groups is 1. The number of nitrogens with one attached hydrogen (secondary N) is 1. The number of hydrogen-bond acceptors (Lipinski definition) is 2. The Morgan fingerprint density at radius 3 is 2.83 bits per heavy atom. The van der Waals surface area contributed by atoms with Crippen LogP contribution in [0.15, 0.2) is 53.4 Å². The van der Waals surface area contributed by atoms with Crippen molar-refractivity contribution in [1.29, 1.82) is 0 Å². The van der Waals surface area contributed by atoms with Crippen molar-refractivity contribution in [3.63, 3.8) is 0 Å². The van der Waals surface area contributed by atoms with Crippen molar-refractivity contribution < 1.29 is 4.79 Å². The number of benzene rings is 2. The second-order valence-electron chi connectivity index (χ2n) is 7.17. The van der Waals surface area contributed by atoms with Gasteiger partial charge < -0.3 is 5.32 Å². The zero-order valence-corrected chi connectivity index (χ0v) is 14.9. The Kier molecular flexibility index (Phi) is 4.13. The number of fused-ring (bicyclic) bond motifs is 3. The summed E-state index contributed by atoms with van der Waals surface area (Å²) in [6.07, 6.45) is 3.74. The van der Waals surface area contributed by atoms with E-state index in [1.54, 1.807) is 0 Å². The highest BCUT2D eigenvalue weighted by Gasteiger charge is 2.43. The lowest BCUT2D eigenvalue weighted by Gasteiger charge is -2.46. The molecule has 1 amide bonds. The van der Waals surface area contributed by atoms with Crippen LogP contribution in [0.4, 0.5) is 0 Å². The van der Waals surface area contributed by atoms with Crippen LogP contribution in [0.3, 0.4) is 0 Å². The fourth-order valence-corrected chi connectivity index (χ4v) is 5.07. The largest absolute Gasteiger partial charge is 0.352 e. The first kappa shape index (κ1) is 15.8. The molecule has 0 spiro atoms. The van der Waals surface area contributed by atoms with E-state index in [-0.39, 0.29) is 11.3 Å². The van der Waals surface area contributed by atoms with E-state index in [1.165, 1.54) is 21.6 Å². The van der Waals surface area contributed by atoms with E-state index < -0.39 is 0 Å². The molecule has 2 nitrogen and oxygen atoms in total. The van der Waals surface area contributed by atoms with E-state index in [0.717, 1.165) is 25.0 Å². The maximum absolute atomic E-state index is 11.7. The lowest BCUT2D eigenvalue weighted by molar-refractivity contribution is -0.125. The first-order chi connectivity index (χ1) is 11.6. The molecule has 24 heavy (non-hydrogen) atoms. The van der Waals surface area contributed by atoms with Crippen LogP contribution in [0, 0.1) is 0 Å². The zero-order chi connectivity index (χ0) is 16.6. The first-order valence-electron chi connectivity index (χ1n) is 8.75. The average molecular weight is 337 g/mol. The van der Waals surface area contributed by atoms with Crippen molar-refractivity contribution in [1.82, 2.24) is 5.32 Å². The minimum atomic E-state index is 0.101. The number of aryl methyl sites for hydroxylation is 1. The number of rotatable bonds is 3. The zero-order valence-electron chi connectivity index (χ0n) is 14.0. The van der Waals surface area contributed by atoms with E-state index in [2.05, 4.69) is 60.8 Å². The van der Waals surface area contributed by atoms with Crippen LogP contribution in [-0.4, -0.2) is 11.9 Å². The Bertz CT molecular complexity index is 758. The van der Waals surface area contributed by atoms with Gasteiger partial charge in [0.05, 0.1) is 0 Å². The Balaban J connectivity index is 1.55. The van der Waals surface area contributed by atoms with Crippen molar-refractivity contribution in [2.75, 3.05) is 0 Å². The molecule has 124 valence electrons. The summed E-state index contributed by atoms with van der Waals surface area (Å²) in [6, 6.07) is 17.9. The van der Waals surface area contributed by atoms with Crippen LogP contribution in [0.5, 0.6) is 0 Å². The molecule has 2 atom stereocenters. The first-order valence-corrected chi connectivity index (χ1v) is 9.73. The summed E-state index contributed by atoms with van der Waals surface area (Å²) >= 11 is 1.91. The third-order valence-electron chi connectivity index (χ3n) is 5.62. The van der Waals surface area contributed by atoms with Gasteiger partial charge in [0.25, 0.3) is 0 Å². The number of carbonyl (C=O) groups excluding carboxylic acids is 1. The molecule has 1 aliphatic carbocycles. The molecule has 2 aromatic rings. The average Bonchev–Trinajstić information content (AvgIpc) is 2.61. The highest BCUT2D eigenvalue weighted by atomic mass is 32.2.